The van der Waals surface area contributed by atoms with Gasteiger partial charge >= 0.3 is 5.97 Å². The Morgan fingerprint density at radius 2 is 1.76 bits per heavy atom. The van der Waals surface area contributed by atoms with Crippen molar-refractivity contribution in [3.05, 3.63) is 70.0 Å². The van der Waals surface area contributed by atoms with Crippen molar-refractivity contribution in [3.63, 3.8) is 0 Å². The molecule has 1 atom stereocenters. The van der Waals surface area contributed by atoms with Crippen molar-refractivity contribution in [2.24, 2.45) is 0 Å². The van der Waals surface area contributed by atoms with E-state index in [1.54, 1.807) is 49.5 Å². The molecule has 1 aliphatic rings. The number of hydrogen-bond donors (Lipinski definition) is 0. The van der Waals surface area contributed by atoms with Crippen LogP contribution in [0.1, 0.15) is 53.0 Å². The van der Waals surface area contributed by atoms with E-state index in [1.165, 1.54) is 4.90 Å². The van der Waals surface area contributed by atoms with Crippen molar-refractivity contribution in [2.75, 3.05) is 13.7 Å². The topological polar surface area (TPSA) is 89.5 Å². The third-order valence-corrected chi connectivity index (χ3v) is 6.89. The maximum Gasteiger partial charge on any atom is 0.338 e. The molecular weight excluding hydrogens is 454 g/mol. The van der Waals surface area contributed by atoms with Crippen molar-refractivity contribution < 1.29 is 19.1 Å². The second-order valence-electron chi connectivity index (χ2n) is 8.60. The molecule has 1 amide bonds. The largest absolute Gasteiger partial charge is 0.452 e. The molecule has 1 aromatic heterocycles. The lowest BCUT2D eigenvalue weighted by Crippen LogP contribution is -2.55. The van der Waals surface area contributed by atoms with Gasteiger partial charge in [-0.1, -0.05) is 29.8 Å². The van der Waals surface area contributed by atoms with Gasteiger partial charge in [-0.15, -0.1) is 0 Å². The van der Waals surface area contributed by atoms with Crippen LogP contribution in [0.2, 0.25) is 5.02 Å². The summed E-state index contributed by atoms with van der Waals surface area (Å²) in [5.74, 6) is -1.19. The van der Waals surface area contributed by atoms with E-state index >= 15 is 0 Å². The highest BCUT2D eigenvalue weighted by Crippen LogP contribution is 2.42. The lowest BCUT2D eigenvalue weighted by atomic mass is 9.74. The Morgan fingerprint density at radius 3 is 2.47 bits per heavy atom. The van der Waals surface area contributed by atoms with Gasteiger partial charge in [-0.2, -0.15) is 0 Å². The van der Waals surface area contributed by atoms with Crippen LogP contribution in [0.3, 0.4) is 0 Å². The van der Waals surface area contributed by atoms with E-state index in [4.69, 9.17) is 16.3 Å². The fourth-order valence-electron chi connectivity index (χ4n) is 4.51. The van der Waals surface area contributed by atoms with Crippen LogP contribution in [-0.2, 0) is 19.9 Å². The van der Waals surface area contributed by atoms with Crippen molar-refractivity contribution in [3.8, 4) is 0 Å². The minimum atomic E-state index is -1.17. The Balaban J connectivity index is 1.54. The minimum Gasteiger partial charge on any atom is -0.452 e. The molecule has 4 rings (SSSR count). The van der Waals surface area contributed by atoms with Crippen LogP contribution in [0.15, 0.2) is 42.5 Å². The number of likely N-dealkylation sites (N-methyl/N-ethyl adjacent to an activating group) is 1. The molecule has 0 bridgehead atoms. The number of amides is 1. The van der Waals surface area contributed by atoms with Crippen molar-refractivity contribution in [1.29, 1.82) is 0 Å². The Hall–Kier alpha value is -3.32. The minimum absolute atomic E-state index is 0.0622. The van der Waals surface area contributed by atoms with Gasteiger partial charge in [0, 0.05) is 24.1 Å². The average Bonchev–Trinajstić information content (AvgIpc) is 2.83. The molecule has 0 aliphatic heterocycles. The number of ether oxygens (including phenoxy) is 1. The van der Waals surface area contributed by atoms with E-state index in [2.05, 4.69) is 9.97 Å². The monoisotopic (exact) mass is 479 g/mol. The Morgan fingerprint density at radius 1 is 1.06 bits per heavy atom. The quantitative estimate of drug-likeness (QED) is 0.498. The number of nitrogens with zero attached hydrogens (tertiary/aromatic N) is 3. The zero-order chi connectivity index (χ0) is 24.5. The van der Waals surface area contributed by atoms with Crippen LogP contribution >= 0.6 is 11.6 Å². The van der Waals surface area contributed by atoms with Gasteiger partial charge in [0.1, 0.15) is 5.54 Å². The van der Waals surface area contributed by atoms with Gasteiger partial charge < -0.3 is 9.64 Å². The SMILES string of the molecule is Cc1nc2ccc(C(=O)OCC(=O)N(C)C3(c4ccccc4Cl)CCCCC3=O)cc2nc1C. The first-order valence-corrected chi connectivity index (χ1v) is 11.6. The summed E-state index contributed by atoms with van der Waals surface area (Å²) in [6.45, 7) is 3.23. The summed E-state index contributed by atoms with van der Waals surface area (Å²) in [6, 6.07) is 12.0. The number of carbonyl (C=O) groups is 3. The van der Waals surface area contributed by atoms with E-state index in [0.29, 0.717) is 34.5 Å². The molecular formula is C26H26ClN3O4. The summed E-state index contributed by atoms with van der Waals surface area (Å²) in [5, 5.41) is 0.428. The predicted octanol–water partition coefficient (Wildman–Crippen LogP) is 4.55. The standard InChI is InChI=1S/C26H26ClN3O4/c1-16-17(2)29-22-14-18(11-12-21(22)28-16)25(33)34-15-24(32)30(3)26(13-7-6-10-23(26)31)19-8-4-5-9-20(19)27/h4-5,8-9,11-12,14H,6-7,10,13,15H2,1-3H3. The lowest BCUT2D eigenvalue weighted by molar-refractivity contribution is -0.150. The smallest absolute Gasteiger partial charge is 0.338 e. The van der Waals surface area contributed by atoms with E-state index in [-0.39, 0.29) is 11.3 Å². The Kier molecular flexibility index (Phi) is 6.66. The highest BCUT2D eigenvalue weighted by molar-refractivity contribution is 6.31. The van der Waals surface area contributed by atoms with Crippen LogP contribution in [0, 0.1) is 13.8 Å². The molecule has 1 unspecified atom stereocenters. The molecule has 7 nitrogen and oxygen atoms in total. The number of fused-ring (bicyclic) bond motifs is 1. The molecule has 1 fully saturated rings. The Bertz CT molecular complexity index is 1290. The number of hydrogen-bond acceptors (Lipinski definition) is 6. The van der Waals surface area contributed by atoms with Gasteiger partial charge in [0.05, 0.1) is 28.0 Å². The van der Waals surface area contributed by atoms with Gasteiger partial charge in [0.25, 0.3) is 5.91 Å². The second-order valence-corrected chi connectivity index (χ2v) is 9.00. The van der Waals surface area contributed by atoms with Crippen LogP contribution in [-0.4, -0.2) is 46.2 Å². The summed E-state index contributed by atoms with van der Waals surface area (Å²) in [7, 11) is 1.57. The number of benzene rings is 2. The third kappa shape index (κ3) is 4.28. The maximum absolute atomic E-state index is 13.2. The summed E-state index contributed by atoms with van der Waals surface area (Å²) in [5.41, 5.74) is 2.54. The fourth-order valence-corrected chi connectivity index (χ4v) is 4.80. The number of rotatable bonds is 5. The van der Waals surface area contributed by atoms with Gasteiger partial charge in [-0.05, 0) is 57.4 Å². The van der Waals surface area contributed by atoms with Gasteiger partial charge in [0.15, 0.2) is 12.4 Å². The highest BCUT2D eigenvalue weighted by Gasteiger charge is 2.48. The summed E-state index contributed by atoms with van der Waals surface area (Å²) >= 11 is 6.45. The fraction of sp³-hybridized carbons (Fsp3) is 0.346. The molecule has 2 aromatic carbocycles. The number of carbonyl (C=O) groups excluding carboxylic acids is 3. The number of ketones is 1. The van der Waals surface area contributed by atoms with Crippen molar-refractivity contribution in [2.45, 2.75) is 45.1 Å². The van der Waals surface area contributed by atoms with Gasteiger partial charge in [0.2, 0.25) is 0 Å². The molecule has 34 heavy (non-hydrogen) atoms. The van der Waals surface area contributed by atoms with E-state index in [1.807, 2.05) is 13.8 Å². The predicted molar refractivity (Wildman–Crippen MR) is 129 cm³/mol. The molecule has 1 aliphatic carbocycles. The average molecular weight is 480 g/mol. The first-order chi connectivity index (χ1) is 16.2. The lowest BCUT2D eigenvalue weighted by Gasteiger charge is -2.43. The van der Waals surface area contributed by atoms with E-state index in [9.17, 15) is 14.4 Å². The van der Waals surface area contributed by atoms with E-state index < -0.39 is 24.0 Å². The molecule has 0 radical (unpaired) electrons. The van der Waals surface area contributed by atoms with Crippen LogP contribution in [0.25, 0.3) is 11.0 Å². The number of aromatic nitrogens is 2. The number of aryl methyl sites for hydroxylation is 2. The molecule has 3 aromatic rings. The number of Topliss-reactive ketones (excluding diaryl/α,β-unsaturated/α-hetero) is 1. The first kappa shape index (κ1) is 23.8. The van der Waals surface area contributed by atoms with Crippen LogP contribution in [0.4, 0.5) is 0 Å². The highest BCUT2D eigenvalue weighted by atomic mass is 35.5. The Labute approximate surface area is 203 Å². The van der Waals surface area contributed by atoms with Crippen molar-refractivity contribution in [1.82, 2.24) is 14.9 Å². The number of esters is 1. The zero-order valence-electron chi connectivity index (χ0n) is 19.4. The van der Waals surface area contributed by atoms with Crippen molar-refractivity contribution >= 4 is 40.3 Å². The molecule has 0 N–H and O–H groups in total. The van der Waals surface area contributed by atoms with E-state index in [0.717, 1.165) is 24.2 Å². The molecule has 8 heteroatoms. The second kappa shape index (κ2) is 9.50. The van der Waals surface area contributed by atoms with Crippen LogP contribution in [0.5, 0.6) is 0 Å². The summed E-state index contributed by atoms with van der Waals surface area (Å²) < 4.78 is 5.33. The number of halogens is 1. The molecule has 176 valence electrons. The third-order valence-electron chi connectivity index (χ3n) is 6.56. The summed E-state index contributed by atoms with van der Waals surface area (Å²) in [4.78, 5) is 49.3. The van der Waals surface area contributed by atoms with Gasteiger partial charge in [-0.3, -0.25) is 9.59 Å². The van der Waals surface area contributed by atoms with Gasteiger partial charge in [-0.25, -0.2) is 14.8 Å². The normalized spacial score (nSPS) is 18.1. The molecule has 1 heterocycles. The first-order valence-electron chi connectivity index (χ1n) is 11.2. The van der Waals surface area contributed by atoms with Crippen LogP contribution < -0.4 is 0 Å². The molecule has 0 spiro atoms. The molecule has 0 saturated heterocycles. The summed E-state index contributed by atoms with van der Waals surface area (Å²) in [6.07, 6.45) is 2.38. The molecule has 1 saturated carbocycles. The maximum atomic E-state index is 13.2. The zero-order valence-corrected chi connectivity index (χ0v) is 20.2.